The summed E-state index contributed by atoms with van der Waals surface area (Å²) in [6.07, 6.45) is 2.72. The summed E-state index contributed by atoms with van der Waals surface area (Å²) in [4.78, 5) is 2.62. The summed E-state index contributed by atoms with van der Waals surface area (Å²) in [6, 6.07) is 9.52. The van der Waals surface area contributed by atoms with Crippen LogP contribution < -0.4 is 5.32 Å². The van der Waals surface area contributed by atoms with Crippen molar-refractivity contribution in [2.45, 2.75) is 46.2 Å². The van der Waals surface area contributed by atoms with Crippen LogP contribution in [0.3, 0.4) is 0 Å². The van der Waals surface area contributed by atoms with Crippen molar-refractivity contribution < 1.29 is 0 Å². The van der Waals surface area contributed by atoms with Crippen molar-refractivity contribution in [3.05, 3.63) is 35.4 Å². The van der Waals surface area contributed by atoms with Gasteiger partial charge in [-0.25, -0.2) is 0 Å². The van der Waals surface area contributed by atoms with Crippen molar-refractivity contribution >= 4 is 0 Å². The van der Waals surface area contributed by atoms with Crippen LogP contribution in [0, 0.1) is 12.8 Å². The number of likely N-dealkylation sites (tertiary alicyclic amines) is 1. The Morgan fingerprint density at radius 2 is 2.21 bits per heavy atom. The highest BCUT2D eigenvalue weighted by Gasteiger charge is 2.19. The van der Waals surface area contributed by atoms with Crippen LogP contribution in [0.15, 0.2) is 24.3 Å². The number of piperidine rings is 1. The van der Waals surface area contributed by atoms with Crippen molar-refractivity contribution in [1.29, 1.82) is 0 Å². The number of hydrogen-bond acceptors (Lipinski definition) is 2. The lowest BCUT2D eigenvalue weighted by molar-refractivity contribution is 0.164. The summed E-state index contributed by atoms with van der Waals surface area (Å²) in [5.74, 6) is 0.820. The first-order chi connectivity index (χ1) is 9.13. The molecule has 0 aromatic heterocycles. The van der Waals surface area contributed by atoms with E-state index in [1.54, 1.807) is 0 Å². The van der Waals surface area contributed by atoms with Gasteiger partial charge in [-0.1, -0.05) is 43.7 Å². The minimum atomic E-state index is 0.604. The maximum Gasteiger partial charge on any atom is 0.0233 e. The Hall–Kier alpha value is -0.860. The van der Waals surface area contributed by atoms with E-state index in [1.807, 2.05) is 0 Å². The largest absolute Gasteiger partial charge is 0.314 e. The molecule has 0 spiro atoms. The fraction of sp³-hybridized carbons (Fsp3) is 0.647. The summed E-state index contributed by atoms with van der Waals surface area (Å²) in [7, 11) is 0. The van der Waals surface area contributed by atoms with E-state index in [9.17, 15) is 0 Å². The van der Waals surface area contributed by atoms with Crippen molar-refractivity contribution in [1.82, 2.24) is 10.2 Å². The number of hydrogen-bond donors (Lipinski definition) is 1. The quantitative estimate of drug-likeness (QED) is 0.874. The van der Waals surface area contributed by atoms with E-state index in [1.165, 1.54) is 43.6 Å². The second-order valence-electron chi connectivity index (χ2n) is 6.30. The van der Waals surface area contributed by atoms with Gasteiger partial charge in [0.25, 0.3) is 0 Å². The average molecular weight is 260 g/mol. The van der Waals surface area contributed by atoms with Crippen molar-refractivity contribution in [3.8, 4) is 0 Å². The Morgan fingerprint density at radius 1 is 1.37 bits per heavy atom. The Morgan fingerprint density at radius 3 is 2.95 bits per heavy atom. The zero-order valence-corrected chi connectivity index (χ0v) is 12.7. The lowest BCUT2D eigenvalue weighted by Gasteiger charge is -2.33. The summed E-state index contributed by atoms with van der Waals surface area (Å²) < 4.78 is 0. The van der Waals surface area contributed by atoms with E-state index in [4.69, 9.17) is 0 Å². The van der Waals surface area contributed by atoms with Crippen LogP contribution >= 0.6 is 0 Å². The maximum absolute atomic E-state index is 3.58. The van der Waals surface area contributed by atoms with Crippen molar-refractivity contribution in [2.75, 3.05) is 19.6 Å². The second-order valence-corrected chi connectivity index (χ2v) is 6.30. The van der Waals surface area contributed by atoms with Gasteiger partial charge < -0.3 is 5.32 Å². The highest BCUT2D eigenvalue weighted by molar-refractivity contribution is 5.22. The molecule has 1 aromatic rings. The number of benzene rings is 1. The average Bonchev–Trinajstić information content (AvgIpc) is 2.37. The van der Waals surface area contributed by atoms with Crippen LogP contribution in [0.2, 0.25) is 0 Å². The summed E-state index contributed by atoms with van der Waals surface area (Å²) >= 11 is 0. The van der Waals surface area contributed by atoms with Gasteiger partial charge in [-0.15, -0.1) is 0 Å². The van der Waals surface area contributed by atoms with E-state index in [0.29, 0.717) is 6.04 Å². The number of rotatable bonds is 5. The third kappa shape index (κ3) is 4.96. The maximum atomic E-state index is 3.58. The number of aryl methyl sites for hydroxylation is 1. The molecule has 19 heavy (non-hydrogen) atoms. The summed E-state index contributed by atoms with van der Waals surface area (Å²) in [5.41, 5.74) is 2.82. The van der Waals surface area contributed by atoms with Gasteiger partial charge in [-0.2, -0.15) is 0 Å². The Kier molecular flexibility index (Phi) is 5.41. The topological polar surface area (TPSA) is 15.3 Å². The molecule has 1 aliphatic heterocycles. The molecular formula is C17H28N2. The molecular weight excluding hydrogens is 232 g/mol. The smallest absolute Gasteiger partial charge is 0.0233 e. The number of nitrogens with zero attached hydrogens (tertiary/aromatic N) is 1. The molecule has 2 rings (SSSR count). The zero-order valence-electron chi connectivity index (χ0n) is 12.7. The third-order valence-electron chi connectivity index (χ3n) is 3.91. The molecule has 0 bridgehead atoms. The minimum absolute atomic E-state index is 0.604. The molecule has 2 heteroatoms. The van der Waals surface area contributed by atoms with E-state index < -0.39 is 0 Å². The molecule has 0 saturated carbocycles. The van der Waals surface area contributed by atoms with Gasteiger partial charge in [0.2, 0.25) is 0 Å². The molecule has 106 valence electrons. The number of nitrogens with one attached hydrogen (secondary N) is 1. The minimum Gasteiger partial charge on any atom is -0.314 e. The fourth-order valence-corrected chi connectivity index (χ4v) is 2.93. The van der Waals surface area contributed by atoms with Crippen LogP contribution in [-0.4, -0.2) is 30.6 Å². The van der Waals surface area contributed by atoms with Gasteiger partial charge in [0.1, 0.15) is 0 Å². The molecule has 1 fully saturated rings. The van der Waals surface area contributed by atoms with Gasteiger partial charge in [0.15, 0.2) is 0 Å². The Balaban J connectivity index is 1.83. The van der Waals surface area contributed by atoms with Crippen LogP contribution in [0.5, 0.6) is 0 Å². The molecule has 1 aromatic carbocycles. The zero-order chi connectivity index (χ0) is 13.7. The van der Waals surface area contributed by atoms with E-state index >= 15 is 0 Å². The highest BCUT2D eigenvalue weighted by atomic mass is 15.1. The lowest BCUT2D eigenvalue weighted by Crippen LogP contribution is -2.40. The molecule has 1 heterocycles. The first-order valence-electron chi connectivity index (χ1n) is 7.65. The molecule has 1 aliphatic rings. The van der Waals surface area contributed by atoms with Crippen LogP contribution in [0.25, 0.3) is 0 Å². The lowest BCUT2D eigenvalue weighted by atomic mass is 9.97. The molecule has 1 atom stereocenters. The SMILES string of the molecule is Cc1cccc(CN2CCCC(CNC(C)C)C2)c1. The fourth-order valence-electron chi connectivity index (χ4n) is 2.93. The van der Waals surface area contributed by atoms with Gasteiger partial charge in [-0.3, -0.25) is 4.90 Å². The summed E-state index contributed by atoms with van der Waals surface area (Å²) in [6.45, 7) is 11.4. The molecule has 0 aliphatic carbocycles. The van der Waals surface area contributed by atoms with Crippen molar-refractivity contribution in [2.24, 2.45) is 5.92 Å². The van der Waals surface area contributed by atoms with Crippen LogP contribution in [0.4, 0.5) is 0 Å². The molecule has 0 radical (unpaired) electrons. The predicted molar refractivity (Wildman–Crippen MR) is 82.3 cm³/mol. The molecule has 1 N–H and O–H groups in total. The first kappa shape index (κ1) is 14.5. The second kappa shape index (κ2) is 7.06. The Labute approximate surface area is 118 Å². The Bertz CT molecular complexity index is 387. The molecule has 0 amide bonds. The summed E-state index contributed by atoms with van der Waals surface area (Å²) in [5, 5.41) is 3.58. The van der Waals surface area contributed by atoms with Crippen LogP contribution in [0.1, 0.15) is 37.8 Å². The molecule has 1 saturated heterocycles. The van der Waals surface area contributed by atoms with E-state index in [-0.39, 0.29) is 0 Å². The van der Waals surface area contributed by atoms with Gasteiger partial charge in [0, 0.05) is 19.1 Å². The van der Waals surface area contributed by atoms with Crippen LogP contribution in [-0.2, 0) is 6.54 Å². The standard InChI is InChI=1S/C17H28N2/c1-14(2)18-11-17-8-5-9-19(13-17)12-16-7-4-6-15(3)10-16/h4,6-7,10,14,17-18H,5,8-9,11-13H2,1-3H3. The van der Waals surface area contributed by atoms with Crippen molar-refractivity contribution in [3.63, 3.8) is 0 Å². The molecule has 1 unspecified atom stereocenters. The van der Waals surface area contributed by atoms with Gasteiger partial charge in [-0.05, 0) is 44.3 Å². The first-order valence-corrected chi connectivity index (χ1v) is 7.65. The highest BCUT2D eigenvalue weighted by Crippen LogP contribution is 2.18. The molecule has 2 nitrogen and oxygen atoms in total. The van der Waals surface area contributed by atoms with Gasteiger partial charge in [0.05, 0.1) is 0 Å². The van der Waals surface area contributed by atoms with Gasteiger partial charge >= 0.3 is 0 Å². The normalized spacial score (nSPS) is 20.9. The predicted octanol–water partition coefficient (Wildman–Crippen LogP) is 3.21. The third-order valence-corrected chi connectivity index (χ3v) is 3.91. The van der Waals surface area contributed by atoms with E-state index in [2.05, 4.69) is 55.3 Å². The monoisotopic (exact) mass is 260 g/mol. The van der Waals surface area contributed by atoms with E-state index in [0.717, 1.165) is 12.5 Å².